The maximum Gasteiger partial charge on any atom is 0.194 e. The first-order valence-electron chi connectivity index (χ1n) is 3.28. The summed E-state index contributed by atoms with van der Waals surface area (Å²) in [5.41, 5.74) is 0. The smallest absolute Gasteiger partial charge is 0.194 e. The number of ketones is 2. The molecule has 0 aromatic heterocycles. The minimum atomic E-state index is -0.0560. The van der Waals surface area contributed by atoms with Gasteiger partial charge in [-0.25, -0.2) is 0 Å². The van der Waals surface area contributed by atoms with Gasteiger partial charge in [0.05, 0.1) is 9.81 Å². The fraction of sp³-hybridized carbons (Fsp3) is 0. The first-order valence-corrected chi connectivity index (χ1v) is 5.04. The van der Waals surface area contributed by atoms with Crippen LogP contribution in [0.1, 0.15) is 0 Å². The molecular formula is C8H4O2S2. The fourth-order valence-electron chi connectivity index (χ4n) is 0.926. The summed E-state index contributed by atoms with van der Waals surface area (Å²) < 4.78 is 0. The second kappa shape index (κ2) is 2.95. The molecule has 2 nitrogen and oxygen atoms in total. The van der Waals surface area contributed by atoms with E-state index in [1.165, 1.54) is 35.7 Å². The molecule has 0 spiro atoms. The van der Waals surface area contributed by atoms with Gasteiger partial charge in [-0.1, -0.05) is 23.5 Å². The van der Waals surface area contributed by atoms with E-state index in [0.29, 0.717) is 9.81 Å². The Hall–Kier alpha value is -0.740. The van der Waals surface area contributed by atoms with Crippen LogP contribution < -0.4 is 0 Å². The lowest BCUT2D eigenvalue weighted by Crippen LogP contribution is -1.98. The van der Waals surface area contributed by atoms with Crippen molar-refractivity contribution < 1.29 is 9.59 Å². The largest absolute Gasteiger partial charge is 0.289 e. The Morgan fingerprint density at radius 3 is 1.50 bits per heavy atom. The molecule has 0 radical (unpaired) electrons. The lowest BCUT2D eigenvalue weighted by atomic mass is 10.3. The maximum absolute atomic E-state index is 11.1. The molecule has 0 aliphatic carbocycles. The molecule has 0 atom stereocenters. The van der Waals surface area contributed by atoms with Gasteiger partial charge in [-0.3, -0.25) is 9.59 Å². The van der Waals surface area contributed by atoms with Gasteiger partial charge in [-0.15, -0.1) is 0 Å². The molecule has 0 bridgehead atoms. The van der Waals surface area contributed by atoms with Crippen LogP contribution >= 0.6 is 23.5 Å². The summed E-state index contributed by atoms with van der Waals surface area (Å²) in [7, 11) is 0. The molecule has 12 heavy (non-hydrogen) atoms. The van der Waals surface area contributed by atoms with Crippen LogP contribution in [0.15, 0.2) is 32.8 Å². The molecule has 0 fully saturated rings. The normalized spacial score (nSPS) is 27.7. The van der Waals surface area contributed by atoms with Crippen molar-refractivity contribution in [3.05, 3.63) is 32.8 Å². The van der Waals surface area contributed by atoms with Crippen LogP contribution in [0.3, 0.4) is 0 Å². The minimum absolute atomic E-state index is 0.0560. The van der Waals surface area contributed by atoms with Crippen molar-refractivity contribution in [2.75, 3.05) is 0 Å². The van der Waals surface area contributed by atoms with Crippen molar-refractivity contribution in [1.82, 2.24) is 0 Å². The van der Waals surface area contributed by atoms with Crippen LogP contribution in [0.5, 0.6) is 0 Å². The molecule has 0 saturated carbocycles. The zero-order valence-corrected chi connectivity index (χ0v) is 7.58. The third kappa shape index (κ3) is 1.17. The second-order valence-electron chi connectivity index (χ2n) is 2.23. The number of carbonyl (C=O) groups excluding carboxylic acids is 2. The topological polar surface area (TPSA) is 34.1 Å². The van der Waals surface area contributed by atoms with E-state index >= 15 is 0 Å². The van der Waals surface area contributed by atoms with Gasteiger partial charge in [0, 0.05) is 0 Å². The van der Waals surface area contributed by atoms with Gasteiger partial charge in [0.15, 0.2) is 11.6 Å². The Morgan fingerprint density at radius 1 is 0.833 bits per heavy atom. The van der Waals surface area contributed by atoms with Gasteiger partial charge < -0.3 is 0 Å². The van der Waals surface area contributed by atoms with E-state index in [-0.39, 0.29) is 11.6 Å². The van der Waals surface area contributed by atoms with E-state index in [0.717, 1.165) is 0 Å². The summed E-state index contributed by atoms with van der Waals surface area (Å²) in [5.74, 6) is -0.112. The standard InChI is InChI=1S/C8H4O2S2/c9-5-1-3-11-7(5)8-6(10)2-4-12-8/h1-4H. The summed E-state index contributed by atoms with van der Waals surface area (Å²) in [6.07, 6.45) is 2.97. The van der Waals surface area contributed by atoms with Crippen molar-refractivity contribution in [3.8, 4) is 0 Å². The first kappa shape index (κ1) is 7.89. The van der Waals surface area contributed by atoms with Crippen LogP contribution in [-0.4, -0.2) is 11.6 Å². The van der Waals surface area contributed by atoms with Crippen LogP contribution in [0.25, 0.3) is 0 Å². The van der Waals surface area contributed by atoms with E-state index in [1.807, 2.05) is 0 Å². The third-order valence-electron chi connectivity index (χ3n) is 1.46. The predicted octanol–water partition coefficient (Wildman–Crippen LogP) is 1.86. The van der Waals surface area contributed by atoms with E-state index in [2.05, 4.69) is 0 Å². The summed E-state index contributed by atoms with van der Waals surface area (Å²) in [6.45, 7) is 0. The van der Waals surface area contributed by atoms with Crippen LogP contribution in [-0.2, 0) is 9.59 Å². The molecule has 0 aromatic rings. The summed E-state index contributed by atoms with van der Waals surface area (Å²) in [6, 6.07) is 0. The van der Waals surface area contributed by atoms with Gasteiger partial charge in [0.1, 0.15) is 0 Å². The Morgan fingerprint density at radius 2 is 1.25 bits per heavy atom. The van der Waals surface area contributed by atoms with Crippen LogP contribution in [0.4, 0.5) is 0 Å². The van der Waals surface area contributed by atoms with Gasteiger partial charge in [-0.05, 0) is 23.0 Å². The van der Waals surface area contributed by atoms with Crippen LogP contribution in [0.2, 0.25) is 0 Å². The summed E-state index contributed by atoms with van der Waals surface area (Å²) in [5, 5.41) is 3.41. The minimum Gasteiger partial charge on any atom is -0.289 e. The quantitative estimate of drug-likeness (QED) is 0.554. The highest BCUT2D eigenvalue weighted by Gasteiger charge is 2.23. The molecular weight excluding hydrogens is 192 g/mol. The van der Waals surface area contributed by atoms with Crippen molar-refractivity contribution >= 4 is 35.1 Å². The Labute approximate surface area is 77.8 Å². The van der Waals surface area contributed by atoms with Crippen molar-refractivity contribution in [2.45, 2.75) is 0 Å². The average Bonchev–Trinajstić information content (AvgIpc) is 2.59. The highest BCUT2D eigenvalue weighted by Crippen LogP contribution is 2.37. The molecule has 2 aliphatic rings. The van der Waals surface area contributed by atoms with E-state index < -0.39 is 0 Å². The third-order valence-corrected chi connectivity index (χ3v) is 3.42. The number of thioether (sulfide) groups is 2. The van der Waals surface area contributed by atoms with Crippen molar-refractivity contribution in [2.24, 2.45) is 0 Å². The Balaban J connectivity index is 2.39. The van der Waals surface area contributed by atoms with E-state index in [9.17, 15) is 9.59 Å². The molecule has 0 N–H and O–H groups in total. The van der Waals surface area contributed by atoms with Gasteiger partial charge in [-0.2, -0.15) is 0 Å². The monoisotopic (exact) mass is 196 g/mol. The number of allylic oxidation sites excluding steroid dienone is 4. The summed E-state index contributed by atoms with van der Waals surface area (Å²) >= 11 is 2.64. The van der Waals surface area contributed by atoms with Gasteiger partial charge in [0.25, 0.3) is 0 Å². The molecule has 2 heterocycles. The van der Waals surface area contributed by atoms with Gasteiger partial charge >= 0.3 is 0 Å². The number of hydrogen-bond acceptors (Lipinski definition) is 4. The molecule has 4 heteroatoms. The summed E-state index contributed by atoms with van der Waals surface area (Å²) in [4.78, 5) is 23.4. The number of rotatable bonds is 0. The molecule has 0 saturated heterocycles. The Kier molecular flexibility index (Phi) is 1.94. The average molecular weight is 196 g/mol. The zero-order chi connectivity index (χ0) is 8.55. The second-order valence-corrected chi connectivity index (χ2v) is 4.06. The van der Waals surface area contributed by atoms with Crippen molar-refractivity contribution in [1.29, 1.82) is 0 Å². The predicted molar refractivity (Wildman–Crippen MR) is 50.5 cm³/mol. The molecule has 0 unspecified atom stereocenters. The zero-order valence-electron chi connectivity index (χ0n) is 5.94. The van der Waals surface area contributed by atoms with Crippen LogP contribution in [0, 0.1) is 0 Å². The molecule has 0 amide bonds. The highest BCUT2D eigenvalue weighted by atomic mass is 32.2. The Bertz CT molecular complexity index is 316. The number of carbonyl (C=O) groups is 2. The van der Waals surface area contributed by atoms with Crippen molar-refractivity contribution in [3.63, 3.8) is 0 Å². The maximum atomic E-state index is 11.1. The van der Waals surface area contributed by atoms with E-state index in [1.54, 1.807) is 10.8 Å². The molecule has 2 aliphatic heterocycles. The van der Waals surface area contributed by atoms with Gasteiger partial charge in [0.2, 0.25) is 0 Å². The SMILES string of the molecule is O=C1C=CSC1=C1SC=CC1=O. The number of hydrogen-bond donors (Lipinski definition) is 0. The lowest BCUT2D eigenvalue weighted by Gasteiger charge is -1.97. The lowest BCUT2D eigenvalue weighted by molar-refractivity contribution is -0.112. The highest BCUT2D eigenvalue weighted by molar-refractivity contribution is 8.11. The molecule has 0 aromatic carbocycles. The first-order chi connectivity index (χ1) is 5.79. The van der Waals surface area contributed by atoms with E-state index in [4.69, 9.17) is 0 Å². The molecule has 2 rings (SSSR count). The fourth-order valence-corrected chi connectivity index (χ4v) is 2.65. The molecule has 60 valence electrons.